The van der Waals surface area contributed by atoms with Gasteiger partial charge in [-0.1, -0.05) is 87.5 Å². The number of likely N-dealkylation sites (N-methyl/N-ethyl adjacent to an activating group) is 1. The maximum absolute atomic E-state index is 12.0. The Morgan fingerprint density at radius 3 is 2.13 bits per heavy atom. The zero-order valence-electron chi connectivity index (χ0n) is 23.6. The van der Waals surface area contributed by atoms with Crippen molar-refractivity contribution in [2.45, 2.75) is 52.7 Å². The molecule has 0 spiro atoms. The van der Waals surface area contributed by atoms with E-state index < -0.39 is 12.0 Å². The van der Waals surface area contributed by atoms with Crippen molar-refractivity contribution in [1.82, 2.24) is 9.88 Å². The van der Waals surface area contributed by atoms with E-state index >= 15 is 0 Å². The number of aromatic nitrogens is 1. The molecular formula is C33H39N3O2S. The molecule has 0 aliphatic carbocycles. The summed E-state index contributed by atoms with van der Waals surface area (Å²) in [4.78, 5) is 20.9. The van der Waals surface area contributed by atoms with E-state index in [9.17, 15) is 9.90 Å². The number of hydrogen-bond acceptors (Lipinski definition) is 5. The normalized spacial score (nSPS) is 12.5. The van der Waals surface area contributed by atoms with Gasteiger partial charge in [0.05, 0.1) is 12.2 Å². The van der Waals surface area contributed by atoms with Crippen molar-refractivity contribution in [2.24, 2.45) is 5.41 Å². The van der Waals surface area contributed by atoms with Crippen molar-refractivity contribution in [3.8, 4) is 11.3 Å². The topological polar surface area (TPSA) is 56.7 Å². The molecule has 204 valence electrons. The molecule has 0 aliphatic heterocycles. The number of carboxylic acids is 1. The summed E-state index contributed by atoms with van der Waals surface area (Å²) >= 11 is 1.57. The van der Waals surface area contributed by atoms with E-state index in [1.165, 1.54) is 11.1 Å². The number of rotatable bonds is 11. The number of aliphatic carboxylic acids is 1. The van der Waals surface area contributed by atoms with E-state index in [1.807, 2.05) is 47.7 Å². The third-order valence-corrected chi connectivity index (χ3v) is 7.64. The van der Waals surface area contributed by atoms with Crippen LogP contribution < -0.4 is 4.90 Å². The predicted octanol–water partition coefficient (Wildman–Crippen LogP) is 7.16. The van der Waals surface area contributed by atoms with Crippen LogP contribution in [0.1, 0.15) is 42.5 Å². The summed E-state index contributed by atoms with van der Waals surface area (Å²) in [5, 5.41) is 12.8. The van der Waals surface area contributed by atoms with Gasteiger partial charge in [0.1, 0.15) is 11.0 Å². The molecule has 3 aromatic carbocycles. The molecule has 0 radical (unpaired) electrons. The molecule has 0 fully saturated rings. The molecule has 0 aliphatic rings. The van der Waals surface area contributed by atoms with Crippen LogP contribution in [0.5, 0.6) is 0 Å². The van der Waals surface area contributed by atoms with Crippen molar-refractivity contribution in [1.29, 1.82) is 0 Å². The number of benzene rings is 3. The summed E-state index contributed by atoms with van der Waals surface area (Å²) < 4.78 is 0. The molecule has 0 saturated carbocycles. The van der Waals surface area contributed by atoms with Gasteiger partial charge in [0.15, 0.2) is 0 Å². The average Bonchev–Trinajstić information content (AvgIpc) is 3.36. The van der Waals surface area contributed by atoms with Crippen LogP contribution in [-0.4, -0.2) is 41.1 Å². The SMILES string of the molecule is CN(Cc1ccc(CC(C)(C)C)cc1)c1ccc(-c2csc(CN(C)C(Cc3ccccc3)C(=O)O)n2)cc1. The summed E-state index contributed by atoms with van der Waals surface area (Å²) in [6, 6.07) is 26.6. The van der Waals surface area contributed by atoms with Crippen molar-refractivity contribution in [3.63, 3.8) is 0 Å². The van der Waals surface area contributed by atoms with Gasteiger partial charge in [-0.05, 0) is 54.1 Å². The fraction of sp³-hybridized carbons (Fsp3) is 0.333. The van der Waals surface area contributed by atoms with Gasteiger partial charge in [0.2, 0.25) is 0 Å². The Labute approximate surface area is 236 Å². The lowest BCUT2D eigenvalue weighted by Gasteiger charge is -2.23. The third kappa shape index (κ3) is 8.25. The van der Waals surface area contributed by atoms with Gasteiger partial charge in [0, 0.05) is 30.2 Å². The first-order valence-electron chi connectivity index (χ1n) is 13.4. The zero-order valence-corrected chi connectivity index (χ0v) is 24.4. The number of hydrogen-bond donors (Lipinski definition) is 1. The van der Waals surface area contributed by atoms with Gasteiger partial charge in [-0.3, -0.25) is 9.69 Å². The number of carbonyl (C=O) groups is 1. The van der Waals surface area contributed by atoms with Crippen LogP contribution in [0.15, 0.2) is 84.2 Å². The van der Waals surface area contributed by atoms with Crippen LogP contribution in [0.3, 0.4) is 0 Å². The summed E-state index contributed by atoms with van der Waals surface area (Å²) in [6.07, 6.45) is 1.54. The molecule has 1 heterocycles. The smallest absolute Gasteiger partial charge is 0.321 e. The Bertz CT molecular complexity index is 1340. The second-order valence-electron chi connectivity index (χ2n) is 11.5. The Balaban J connectivity index is 1.36. The molecule has 5 nitrogen and oxygen atoms in total. The van der Waals surface area contributed by atoms with Gasteiger partial charge in [-0.25, -0.2) is 4.98 Å². The maximum Gasteiger partial charge on any atom is 0.321 e. The standard InChI is InChI=1S/C33H39N3O2S/c1-33(2,3)20-25-11-13-26(14-12-25)21-35(4)28-17-15-27(16-18-28)29-23-39-31(34-29)22-36(5)30(32(37)38)19-24-9-7-6-8-10-24/h6-18,23,30H,19-22H2,1-5H3,(H,37,38). The lowest BCUT2D eigenvalue weighted by atomic mass is 9.88. The summed E-state index contributed by atoms with van der Waals surface area (Å²) in [5.41, 5.74) is 7.10. The average molecular weight is 542 g/mol. The summed E-state index contributed by atoms with van der Waals surface area (Å²) in [5.74, 6) is -0.821. The van der Waals surface area contributed by atoms with Crippen LogP contribution in [-0.2, 0) is 30.7 Å². The fourth-order valence-electron chi connectivity index (χ4n) is 4.74. The highest BCUT2D eigenvalue weighted by Crippen LogP contribution is 2.27. The van der Waals surface area contributed by atoms with Gasteiger partial charge < -0.3 is 10.0 Å². The Kier molecular flexibility index (Phi) is 9.20. The van der Waals surface area contributed by atoms with E-state index in [1.54, 1.807) is 11.3 Å². The van der Waals surface area contributed by atoms with Crippen molar-refractivity contribution in [3.05, 3.63) is 106 Å². The van der Waals surface area contributed by atoms with Crippen molar-refractivity contribution in [2.75, 3.05) is 19.0 Å². The molecule has 1 aromatic heterocycles. The minimum atomic E-state index is -0.821. The largest absolute Gasteiger partial charge is 0.480 e. The number of thiazole rings is 1. The fourth-order valence-corrected chi connectivity index (χ4v) is 5.60. The number of nitrogens with zero attached hydrogens (tertiary/aromatic N) is 3. The van der Waals surface area contributed by atoms with E-state index in [-0.39, 0.29) is 5.41 Å². The molecule has 4 rings (SSSR count). The number of carboxylic acid groups (broad SMARTS) is 1. The molecule has 6 heteroatoms. The molecule has 1 atom stereocenters. The number of anilines is 1. The van der Waals surface area contributed by atoms with E-state index in [0.29, 0.717) is 13.0 Å². The van der Waals surface area contributed by atoms with E-state index in [2.05, 4.69) is 81.2 Å². The van der Waals surface area contributed by atoms with Crippen LogP contribution in [0, 0.1) is 5.41 Å². The van der Waals surface area contributed by atoms with Crippen LogP contribution in [0.4, 0.5) is 5.69 Å². The van der Waals surface area contributed by atoms with Crippen LogP contribution >= 0.6 is 11.3 Å². The molecule has 4 aromatic rings. The maximum atomic E-state index is 12.0. The van der Waals surface area contributed by atoms with E-state index in [0.717, 1.165) is 40.5 Å². The lowest BCUT2D eigenvalue weighted by Crippen LogP contribution is -2.39. The quantitative estimate of drug-likeness (QED) is 0.218. The second-order valence-corrected chi connectivity index (χ2v) is 12.5. The Hall–Kier alpha value is -3.48. The zero-order chi connectivity index (χ0) is 28.0. The van der Waals surface area contributed by atoms with Crippen molar-refractivity contribution < 1.29 is 9.90 Å². The lowest BCUT2D eigenvalue weighted by molar-refractivity contribution is -0.142. The second kappa shape index (κ2) is 12.6. The van der Waals surface area contributed by atoms with Crippen LogP contribution in [0.25, 0.3) is 11.3 Å². The van der Waals surface area contributed by atoms with Crippen LogP contribution in [0.2, 0.25) is 0 Å². The minimum Gasteiger partial charge on any atom is -0.480 e. The first-order chi connectivity index (χ1) is 18.6. The monoisotopic (exact) mass is 541 g/mol. The van der Waals surface area contributed by atoms with Gasteiger partial charge in [0.25, 0.3) is 0 Å². The van der Waals surface area contributed by atoms with Gasteiger partial charge in [-0.2, -0.15) is 0 Å². The minimum absolute atomic E-state index is 0.289. The third-order valence-electron chi connectivity index (χ3n) is 6.81. The van der Waals surface area contributed by atoms with Gasteiger partial charge in [-0.15, -0.1) is 11.3 Å². The first-order valence-corrected chi connectivity index (χ1v) is 14.3. The summed E-state index contributed by atoms with van der Waals surface area (Å²) in [7, 11) is 3.97. The first kappa shape index (κ1) is 28.5. The highest BCUT2D eigenvalue weighted by atomic mass is 32.1. The highest BCUT2D eigenvalue weighted by Gasteiger charge is 2.24. The van der Waals surface area contributed by atoms with E-state index in [4.69, 9.17) is 4.98 Å². The van der Waals surface area contributed by atoms with Gasteiger partial charge >= 0.3 is 5.97 Å². The Morgan fingerprint density at radius 2 is 1.51 bits per heavy atom. The molecule has 0 saturated heterocycles. The molecule has 39 heavy (non-hydrogen) atoms. The summed E-state index contributed by atoms with van der Waals surface area (Å²) in [6.45, 7) is 8.14. The Morgan fingerprint density at radius 1 is 0.872 bits per heavy atom. The highest BCUT2D eigenvalue weighted by molar-refractivity contribution is 7.09. The molecule has 0 amide bonds. The molecule has 1 N–H and O–H groups in total. The van der Waals surface area contributed by atoms with Crippen molar-refractivity contribution >= 4 is 23.0 Å². The molecule has 0 bridgehead atoms. The molecular weight excluding hydrogens is 502 g/mol. The predicted molar refractivity (Wildman–Crippen MR) is 162 cm³/mol. The molecule has 1 unspecified atom stereocenters.